The maximum atomic E-state index is 12.1. The molecule has 1 fully saturated rings. The van der Waals surface area contributed by atoms with E-state index < -0.39 is 10.0 Å². The summed E-state index contributed by atoms with van der Waals surface area (Å²) in [6.45, 7) is 2.80. The first-order valence-electron chi connectivity index (χ1n) is 6.31. The largest absolute Gasteiger partial charge is 0.329 e. The second-order valence-corrected chi connectivity index (χ2v) is 6.55. The highest BCUT2D eigenvalue weighted by Gasteiger charge is 2.29. The lowest BCUT2D eigenvalue weighted by molar-refractivity contribution is 0.257. The Bertz CT molecular complexity index is 284. The van der Waals surface area contributed by atoms with Gasteiger partial charge in [-0.2, -0.15) is 4.31 Å². The zero-order chi connectivity index (χ0) is 12.0. The van der Waals surface area contributed by atoms with Crippen LogP contribution in [0.1, 0.15) is 45.4 Å². The number of nitrogens with two attached hydrogens (primary N) is 1. The van der Waals surface area contributed by atoms with E-state index in [1.54, 1.807) is 4.31 Å². The molecular formula is C11H24N2O2S. The van der Waals surface area contributed by atoms with Crippen LogP contribution in [0.15, 0.2) is 0 Å². The Balaban J connectivity index is 2.72. The Morgan fingerprint density at radius 3 is 2.38 bits per heavy atom. The van der Waals surface area contributed by atoms with Crippen LogP contribution in [-0.2, 0) is 10.0 Å². The van der Waals surface area contributed by atoms with Crippen molar-refractivity contribution in [2.75, 3.05) is 18.8 Å². The molecule has 1 saturated carbocycles. The summed E-state index contributed by atoms with van der Waals surface area (Å²) in [5.74, 6) is 0.253. The van der Waals surface area contributed by atoms with Gasteiger partial charge < -0.3 is 5.73 Å². The van der Waals surface area contributed by atoms with Gasteiger partial charge in [0.25, 0.3) is 0 Å². The van der Waals surface area contributed by atoms with E-state index in [2.05, 4.69) is 0 Å². The van der Waals surface area contributed by atoms with Crippen LogP contribution in [0.2, 0.25) is 0 Å². The topological polar surface area (TPSA) is 63.4 Å². The predicted octanol–water partition coefficient (Wildman–Crippen LogP) is 1.32. The van der Waals surface area contributed by atoms with Crippen molar-refractivity contribution in [2.45, 2.75) is 51.5 Å². The normalized spacial score (nSPS) is 19.2. The average molecular weight is 248 g/mol. The molecular weight excluding hydrogens is 224 g/mol. The van der Waals surface area contributed by atoms with Gasteiger partial charge in [0.15, 0.2) is 0 Å². The van der Waals surface area contributed by atoms with Gasteiger partial charge >= 0.3 is 0 Å². The summed E-state index contributed by atoms with van der Waals surface area (Å²) >= 11 is 0. The molecule has 0 amide bonds. The minimum atomic E-state index is -3.08. The quantitative estimate of drug-likeness (QED) is 0.771. The van der Waals surface area contributed by atoms with Gasteiger partial charge in [-0.25, -0.2) is 8.42 Å². The van der Waals surface area contributed by atoms with Crippen molar-refractivity contribution >= 4 is 10.0 Å². The third-order valence-electron chi connectivity index (χ3n) is 3.15. The third kappa shape index (κ3) is 3.71. The van der Waals surface area contributed by atoms with Gasteiger partial charge in [-0.15, -0.1) is 0 Å². The highest BCUT2D eigenvalue weighted by Crippen LogP contribution is 2.24. The Morgan fingerprint density at radius 2 is 1.88 bits per heavy atom. The third-order valence-corrected chi connectivity index (χ3v) is 5.27. The minimum Gasteiger partial charge on any atom is -0.329 e. The summed E-state index contributed by atoms with van der Waals surface area (Å²) < 4.78 is 25.8. The number of hydrogen-bond acceptors (Lipinski definition) is 3. The summed E-state index contributed by atoms with van der Waals surface area (Å²) in [5.41, 5.74) is 5.52. The molecule has 1 rings (SSSR count). The van der Waals surface area contributed by atoms with Crippen LogP contribution < -0.4 is 5.73 Å². The standard InChI is InChI=1S/C11H24N2O2S/c1-2-10-16(14,15)13(9-8-12)11-6-4-3-5-7-11/h11H,2-10,12H2,1H3. The average Bonchev–Trinajstić information content (AvgIpc) is 2.27. The van der Waals surface area contributed by atoms with Crippen molar-refractivity contribution in [3.8, 4) is 0 Å². The zero-order valence-corrected chi connectivity index (χ0v) is 11.0. The fourth-order valence-electron chi connectivity index (χ4n) is 2.42. The lowest BCUT2D eigenvalue weighted by atomic mass is 9.95. The molecule has 2 N–H and O–H groups in total. The molecule has 4 nitrogen and oxygen atoms in total. The maximum absolute atomic E-state index is 12.1. The van der Waals surface area contributed by atoms with Crippen LogP contribution >= 0.6 is 0 Å². The fraction of sp³-hybridized carbons (Fsp3) is 1.00. The molecule has 0 atom stereocenters. The van der Waals surface area contributed by atoms with E-state index in [0.29, 0.717) is 19.5 Å². The molecule has 0 spiro atoms. The molecule has 0 aromatic carbocycles. The van der Waals surface area contributed by atoms with E-state index in [1.807, 2.05) is 6.92 Å². The molecule has 0 radical (unpaired) electrons. The van der Waals surface area contributed by atoms with Crippen LogP contribution in [0.25, 0.3) is 0 Å². The van der Waals surface area contributed by atoms with Crippen molar-refractivity contribution in [3.05, 3.63) is 0 Å². The van der Waals surface area contributed by atoms with Gasteiger partial charge in [-0.1, -0.05) is 26.2 Å². The molecule has 0 aliphatic heterocycles. The molecule has 16 heavy (non-hydrogen) atoms. The highest BCUT2D eigenvalue weighted by molar-refractivity contribution is 7.89. The number of nitrogens with zero attached hydrogens (tertiary/aromatic N) is 1. The van der Waals surface area contributed by atoms with Gasteiger partial charge in [0.05, 0.1) is 5.75 Å². The van der Waals surface area contributed by atoms with Crippen molar-refractivity contribution in [1.82, 2.24) is 4.31 Å². The van der Waals surface area contributed by atoms with E-state index in [4.69, 9.17) is 5.73 Å². The van der Waals surface area contributed by atoms with Gasteiger partial charge in [0.1, 0.15) is 0 Å². The van der Waals surface area contributed by atoms with Crippen molar-refractivity contribution in [1.29, 1.82) is 0 Å². The lowest BCUT2D eigenvalue weighted by Crippen LogP contribution is -2.45. The Labute approximate surface area is 99.2 Å². The summed E-state index contributed by atoms with van der Waals surface area (Å²) in [4.78, 5) is 0. The van der Waals surface area contributed by atoms with Crippen LogP contribution in [0.5, 0.6) is 0 Å². The van der Waals surface area contributed by atoms with Crippen LogP contribution in [-0.4, -0.2) is 37.6 Å². The first kappa shape index (κ1) is 13.9. The van der Waals surface area contributed by atoms with Gasteiger partial charge in [-0.05, 0) is 19.3 Å². The summed E-state index contributed by atoms with van der Waals surface area (Å²) in [6, 6.07) is 0.203. The monoisotopic (exact) mass is 248 g/mol. The summed E-state index contributed by atoms with van der Waals surface area (Å²) in [5, 5.41) is 0. The molecule has 1 aliphatic carbocycles. The van der Waals surface area contributed by atoms with E-state index in [0.717, 1.165) is 25.7 Å². The smallest absolute Gasteiger partial charge is 0.214 e. The Morgan fingerprint density at radius 1 is 1.25 bits per heavy atom. The maximum Gasteiger partial charge on any atom is 0.214 e. The molecule has 0 saturated heterocycles. The highest BCUT2D eigenvalue weighted by atomic mass is 32.2. The second-order valence-electron chi connectivity index (χ2n) is 4.51. The van der Waals surface area contributed by atoms with E-state index >= 15 is 0 Å². The van der Waals surface area contributed by atoms with E-state index in [9.17, 15) is 8.42 Å². The molecule has 0 bridgehead atoms. The molecule has 0 aromatic rings. The number of rotatable bonds is 6. The van der Waals surface area contributed by atoms with E-state index in [1.165, 1.54) is 6.42 Å². The number of hydrogen-bond donors (Lipinski definition) is 1. The Hall–Kier alpha value is -0.130. The van der Waals surface area contributed by atoms with Crippen molar-refractivity contribution in [3.63, 3.8) is 0 Å². The molecule has 96 valence electrons. The predicted molar refractivity (Wildman–Crippen MR) is 66.7 cm³/mol. The number of sulfonamides is 1. The van der Waals surface area contributed by atoms with Crippen molar-refractivity contribution < 1.29 is 8.42 Å². The molecule has 5 heteroatoms. The first-order valence-corrected chi connectivity index (χ1v) is 7.92. The summed E-state index contributed by atoms with van der Waals surface area (Å²) in [7, 11) is -3.08. The van der Waals surface area contributed by atoms with Gasteiger partial charge in [0.2, 0.25) is 10.0 Å². The molecule has 1 aliphatic rings. The molecule has 0 unspecified atom stereocenters. The minimum absolute atomic E-state index is 0.203. The fourth-order valence-corrected chi connectivity index (χ4v) is 4.22. The van der Waals surface area contributed by atoms with E-state index in [-0.39, 0.29) is 11.8 Å². The SMILES string of the molecule is CCCS(=O)(=O)N(CCN)C1CCCCC1. The second kappa shape index (κ2) is 6.57. The molecule has 0 aromatic heterocycles. The van der Waals surface area contributed by atoms with Crippen LogP contribution in [0.4, 0.5) is 0 Å². The van der Waals surface area contributed by atoms with Crippen LogP contribution in [0, 0.1) is 0 Å². The molecule has 0 heterocycles. The Kier molecular flexibility index (Phi) is 5.72. The zero-order valence-electron chi connectivity index (χ0n) is 10.2. The van der Waals surface area contributed by atoms with Gasteiger partial charge in [-0.3, -0.25) is 0 Å². The van der Waals surface area contributed by atoms with Crippen LogP contribution in [0.3, 0.4) is 0 Å². The summed E-state index contributed by atoms with van der Waals surface area (Å²) in [6.07, 6.45) is 6.21. The van der Waals surface area contributed by atoms with Gasteiger partial charge in [0, 0.05) is 19.1 Å². The lowest BCUT2D eigenvalue weighted by Gasteiger charge is -2.33. The first-order chi connectivity index (χ1) is 7.61. The van der Waals surface area contributed by atoms with Crippen molar-refractivity contribution in [2.24, 2.45) is 5.73 Å².